The molecule has 1 aromatic carbocycles. The molecule has 0 unspecified atom stereocenters. The normalized spacial score (nSPS) is 17.6. The van der Waals surface area contributed by atoms with Gasteiger partial charge in [-0.05, 0) is 31.0 Å². The first kappa shape index (κ1) is 15.5. The number of nitrogens with zero attached hydrogens (tertiary/aromatic N) is 1. The van der Waals surface area contributed by atoms with E-state index in [4.69, 9.17) is 5.11 Å². The number of hydrogen-bond acceptors (Lipinski definition) is 3. The highest BCUT2D eigenvalue weighted by Crippen LogP contribution is 2.17. The fourth-order valence-electron chi connectivity index (χ4n) is 2.31. The van der Waals surface area contributed by atoms with E-state index in [1.54, 1.807) is 24.3 Å². The van der Waals surface area contributed by atoms with Crippen molar-refractivity contribution in [1.82, 2.24) is 10.2 Å². The molecule has 0 radical (unpaired) electrons. The van der Waals surface area contributed by atoms with E-state index in [1.165, 1.54) is 4.90 Å². The molecule has 1 aliphatic rings. The molecule has 1 aliphatic heterocycles. The van der Waals surface area contributed by atoms with Crippen LogP contribution in [0.5, 0.6) is 0 Å². The Kier molecular flexibility index (Phi) is 4.95. The standard InChI is InChI=1S/C14H15BrN2O4/c15-10-4-1-3-9(7-10)13(19)16-8-12(18)17-6-2-5-11(17)14(20)21/h1,3-4,7,11H,2,5-6,8H2,(H,16,19)(H,20,21)/t11-/m1/s1. The SMILES string of the molecule is O=C(NCC(=O)N1CCC[C@@H]1C(=O)O)c1cccc(Br)c1. The van der Waals surface area contributed by atoms with E-state index >= 15 is 0 Å². The first-order chi connectivity index (χ1) is 9.99. The third-order valence-electron chi connectivity index (χ3n) is 3.35. The van der Waals surface area contributed by atoms with Crippen LogP contribution in [0, 0.1) is 0 Å². The number of nitrogens with one attached hydrogen (secondary N) is 1. The Bertz CT molecular complexity index is 576. The van der Waals surface area contributed by atoms with Gasteiger partial charge in [0.1, 0.15) is 6.04 Å². The van der Waals surface area contributed by atoms with Crippen molar-refractivity contribution in [3.05, 3.63) is 34.3 Å². The second kappa shape index (κ2) is 6.71. The summed E-state index contributed by atoms with van der Waals surface area (Å²) < 4.78 is 0.770. The van der Waals surface area contributed by atoms with Crippen molar-refractivity contribution in [2.45, 2.75) is 18.9 Å². The maximum absolute atomic E-state index is 12.0. The molecular formula is C14H15BrN2O4. The minimum Gasteiger partial charge on any atom is -0.480 e. The molecule has 6 nitrogen and oxygen atoms in total. The second-order valence-corrected chi connectivity index (χ2v) is 5.69. The zero-order chi connectivity index (χ0) is 15.4. The minimum atomic E-state index is -1.00. The Morgan fingerprint density at radius 1 is 1.38 bits per heavy atom. The molecule has 112 valence electrons. The number of halogens is 1. The van der Waals surface area contributed by atoms with Crippen molar-refractivity contribution in [3.8, 4) is 0 Å². The summed E-state index contributed by atoms with van der Waals surface area (Å²) in [5.41, 5.74) is 0.438. The number of carboxylic acids is 1. The van der Waals surface area contributed by atoms with Gasteiger partial charge in [-0.2, -0.15) is 0 Å². The smallest absolute Gasteiger partial charge is 0.326 e. The van der Waals surface area contributed by atoms with Gasteiger partial charge in [0.05, 0.1) is 6.54 Å². The highest BCUT2D eigenvalue weighted by Gasteiger charge is 2.33. The fourth-order valence-corrected chi connectivity index (χ4v) is 2.71. The number of amides is 2. The van der Waals surface area contributed by atoms with Crippen molar-refractivity contribution in [2.75, 3.05) is 13.1 Å². The van der Waals surface area contributed by atoms with Gasteiger partial charge in [0.2, 0.25) is 5.91 Å². The van der Waals surface area contributed by atoms with Crippen LogP contribution in [0.1, 0.15) is 23.2 Å². The van der Waals surface area contributed by atoms with Gasteiger partial charge >= 0.3 is 5.97 Å². The van der Waals surface area contributed by atoms with Crippen LogP contribution in [-0.2, 0) is 9.59 Å². The molecule has 1 atom stereocenters. The molecule has 1 fully saturated rings. The Hall–Kier alpha value is -1.89. The minimum absolute atomic E-state index is 0.199. The van der Waals surface area contributed by atoms with Crippen LogP contribution >= 0.6 is 15.9 Å². The van der Waals surface area contributed by atoms with Gasteiger partial charge in [-0.15, -0.1) is 0 Å². The summed E-state index contributed by atoms with van der Waals surface area (Å²) in [5, 5.41) is 11.6. The Labute approximate surface area is 130 Å². The van der Waals surface area contributed by atoms with Crippen LogP contribution in [0.3, 0.4) is 0 Å². The first-order valence-electron chi connectivity index (χ1n) is 6.55. The van der Waals surface area contributed by atoms with Crippen molar-refractivity contribution < 1.29 is 19.5 Å². The van der Waals surface area contributed by atoms with Crippen LogP contribution in [0.15, 0.2) is 28.7 Å². The molecule has 0 spiro atoms. The molecule has 2 amide bonds. The Balaban J connectivity index is 1.92. The first-order valence-corrected chi connectivity index (χ1v) is 7.34. The molecular weight excluding hydrogens is 340 g/mol. The predicted molar refractivity (Wildman–Crippen MR) is 78.8 cm³/mol. The summed E-state index contributed by atoms with van der Waals surface area (Å²) in [5.74, 6) is -1.74. The molecule has 21 heavy (non-hydrogen) atoms. The lowest BCUT2D eigenvalue weighted by Gasteiger charge is -2.21. The third-order valence-corrected chi connectivity index (χ3v) is 3.84. The average molecular weight is 355 g/mol. The molecule has 0 saturated carbocycles. The number of carboxylic acid groups (broad SMARTS) is 1. The van der Waals surface area contributed by atoms with Crippen LogP contribution in [0.4, 0.5) is 0 Å². The van der Waals surface area contributed by atoms with Gasteiger partial charge < -0.3 is 15.3 Å². The van der Waals surface area contributed by atoms with E-state index in [9.17, 15) is 14.4 Å². The number of aliphatic carboxylic acids is 1. The summed E-state index contributed by atoms with van der Waals surface area (Å²) >= 11 is 3.27. The fraction of sp³-hybridized carbons (Fsp3) is 0.357. The highest BCUT2D eigenvalue weighted by molar-refractivity contribution is 9.10. The topological polar surface area (TPSA) is 86.7 Å². The van der Waals surface area contributed by atoms with E-state index in [2.05, 4.69) is 21.2 Å². The van der Waals surface area contributed by atoms with Crippen LogP contribution < -0.4 is 5.32 Å². The lowest BCUT2D eigenvalue weighted by atomic mass is 10.2. The zero-order valence-electron chi connectivity index (χ0n) is 11.2. The van der Waals surface area contributed by atoms with Crippen LogP contribution in [0.2, 0.25) is 0 Å². The molecule has 1 heterocycles. The van der Waals surface area contributed by atoms with Crippen molar-refractivity contribution in [1.29, 1.82) is 0 Å². The van der Waals surface area contributed by atoms with Gasteiger partial charge in [0.15, 0.2) is 0 Å². The summed E-state index contributed by atoms with van der Waals surface area (Å²) in [7, 11) is 0. The number of rotatable bonds is 4. The molecule has 7 heteroatoms. The number of benzene rings is 1. The molecule has 1 aromatic rings. The van der Waals surface area contributed by atoms with E-state index in [0.717, 1.165) is 4.47 Å². The van der Waals surface area contributed by atoms with E-state index in [-0.39, 0.29) is 18.4 Å². The zero-order valence-corrected chi connectivity index (χ0v) is 12.8. The van der Waals surface area contributed by atoms with Gasteiger partial charge in [-0.3, -0.25) is 9.59 Å². The lowest BCUT2D eigenvalue weighted by molar-refractivity contribution is -0.147. The molecule has 0 aliphatic carbocycles. The summed E-state index contributed by atoms with van der Waals surface area (Å²) in [6.07, 6.45) is 1.13. The monoisotopic (exact) mass is 354 g/mol. The van der Waals surface area contributed by atoms with Gasteiger partial charge in [-0.25, -0.2) is 4.79 Å². The summed E-state index contributed by atoms with van der Waals surface area (Å²) in [6, 6.07) is 6.03. The Morgan fingerprint density at radius 3 is 2.81 bits per heavy atom. The van der Waals surface area contributed by atoms with Crippen LogP contribution in [-0.4, -0.2) is 46.9 Å². The summed E-state index contributed by atoms with van der Waals surface area (Å²) in [4.78, 5) is 36.3. The molecule has 1 saturated heterocycles. The maximum Gasteiger partial charge on any atom is 0.326 e. The van der Waals surface area contributed by atoms with Crippen molar-refractivity contribution in [2.24, 2.45) is 0 Å². The van der Waals surface area contributed by atoms with E-state index in [0.29, 0.717) is 24.9 Å². The maximum atomic E-state index is 12.0. The molecule has 2 N–H and O–H groups in total. The Morgan fingerprint density at radius 2 is 2.14 bits per heavy atom. The van der Waals surface area contributed by atoms with Gasteiger partial charge in [0, 0.05) is 16.6 Å². The van der Waals surface area contributed by atoms with Crippen molar-refractivity contribution in [3.63, 3.8) is 0 Å². The van der Waals surface area contributed by atoms with E-state index < -0.39 is 12.0 Å². The third kappa shape index (κ3) is 3.81. The number of carbonyl (C=O) groups excluding carboxylic acids is 2. The number of hydrogen-bond donors (Lipinski definition) is 2. The van der Waals surface area contributed by atoms with Gasteiger partial charge in [-0.1, -0.05) is 22.0 Å². The molecule has 0 bridgehead atoms. The molecule has 2 rings (SSSR count). The highest BCUT2D eigenvalue weighted by atomic mass is 79.9. The second-order valence-electron chi connectivity index (χ2n) is 4.78. The van der Waals surface area contributed by atoms with Crippen molar-refractivity contribution >= 4 is 33.7 Å². The van der Waals surface area contributed by atoms with Crippen LogP contribution in [0.25, 0.3) is 0 Å². The lowest BCUT2D eigenvalue weighted by Crippen LogP contribution is -2.45. The number of likely N-dealkylation sites (tertiary alicyclic amines) is 1. The predicted octanol–water partition coefficient (Wildman–Crippen LogP) is 1.25. The quantitative estimate of drug-likeness (QED) is 0.851. The molecule has 0 aromatic heterocycles. The largest absolute Gasteiger partial charge is 0.480 e. The van der Waals surface area contributed by atoms with Gasteiger partial charge in [0.25, 0.3) is 5.91 Å². The summed E-state index contributed by atoms with van der Waals surface area (Å²) in [6.45, 7) is 0.220. The average Bonchev–Trinajstić information content (AvgIpc) is 2.94. The number of carbonyl (C=O) groups is 3. The van der Waals surface area contributed by atoms with E-state index in [1.807, 2.05) is 0 Å².